The average Bonchev–Trinajstić information content (AvgIpc) is 2.38. The van der Waals surface area contributed by atoms with Crippen LogP contribution in [0, 0.1) is 0 Å². The number of ether oxygens (including phenoxy) is 1. The Bertz CT molecular complexity index is 610. The molecule has 1 fully saturated rings. The molecule has 0 aliphatic carbocycles. The summed E-state index contributed by atoms with van der Waals surface area (Å²) in [5.74, 6) is 0. The first kappa shape index (κ1) is 18.5. The summed E-state index contributed by atoms with van der Waals surface area (Å²) in [6.45, 7) is 2.63. The van der Waals surface area contributed by atoms with Crippen LogP contribution in [0.3, 0.4) is 0 Å². The zero-order chi connectivity index (χ0) is 14.0. The molecule has 106 valence electrons. The van der Waals surface area contributed by atoms with Gasteiger partial charge in [-0.25, -0.2) is 4.55 Å². The van der Waals surface area contributed by atoms with Crippen LogP contribution in [0.1, 0.15) is 1.43 Å². The third-order valence-corrected chi connectivity index (χ3v) is 3.67. The monoisotopic (exact) mass is 345 g/mol. The van der Waals surface area contributed by atoms with Gasteiger partial charge in [0.25, 0.3) is 0 Å². The van der Waals surface area contributed by atoms with E-state index in [9.17, 15) is 13.9 Å². The number of hydrogen-bond donors (Lipinski definition) is 1. The van der Waals surface area contributed by atoms with Crippen LogP contribution >= 0.6 is 11.6 Å². The Balaban J connectivity index is 0.00000200. The van der Waals surface area contributed by atoms with E-state index in [1.807, 2.05) is 4.90 Å². The molecule has 0 saturated carbocycles. The van der Waals surface area contributed by atoms with Gasteiger partial charge in [-0.15, -0.1) is 12.5 Å². The standard InChI is InChI=1S/C10H12ClN3O4S.K.H/c11-9-7-8(13-3-5-18-6-4-13)1-2-10(9)14(12)19(15,16)17;;/h1-2,7H,3-6H2,(H,15,16,17);;/q;+1;-1. The van der Waals surface area contributed by atoms with Crippen LogP contribution in [0.25, 0.3) is 5.53 Å². The van der Waals surface area contributed by atoms with Crippen molar-refractivity contribution in [2.45, 2.75) is 0 Å². The Kier molecular flexibility index (Phi) is 7.03. The van der Waals surface area contributed by atoms with Gasteiger partial charge in [0, 0.05) is 24.8 Å². The van der Waals surface area contributed by atoms with Gasteiger partial charge in [-0.3, -0.25) is 0 Å². The fourth-order valence-corrected chi connectivity index (χ4v) is 2.51. The van der Waals surface area contributed by atoms with Crippen molar-refractivity contribution in [1.29, 1.82) is 0 Å². The normalized spacial score (nSPS) is 15.6. The number of morpholine rings is 1. The molecule has 20 heavy (non-hydrogen) atoms. The van der Waals surface area contributed by atoms with Crippen molar-refractivity contribution in [3.63, 3.8) is 0 Å². The van der Waals surface area contributed by atoms with E-state index in [0.29, 0.717) is 26.3 Å². The van der Waals surface area contributed by atoms with Gasteiger partial charge in [0.2, 0.25) is 5.69 Å². The minimum atomic E-state index is -4.75. The maximum atomic E-state index is 10.8. The van der Waals surface area contributed by atoms with Crippen LogP contribution < -0.4 is 56.3 Å². The summed E-state index contributed by atoms with van der Waals surface area (Å²) in [4.78, 5) is 2.02. The molecule has 1 saturated heterocycles. The predicted molar refractivity (Wildman–Crippen MR) is 70.4 cm³/mol. The van der Waals surface area contributed by atoms with Gasteiger partial charge >= 0.3 is 61.7 Å². The summed E-state index contributed by atoms with van der Waals surface area (Å²) in [7, 11) is -4.75. The second-order valence-corrected chi connectivity index (χ2v) is 5.60. The molecule has 0 spiro atoms. The van der Waals surface area contributed by atoms with E-state index in [4.69, 9.17) is 20.9 Å². The molecule has 0 unspecified atom stereocenters. The minimum Gasteiger partial charge on any atom is -1.00 e. The number of benzene rings is 1. The van der Waals surface area contributed by atoms with E-state index in [1.54, 1.807) is 6.07 Å². The van der Waals surface area contributed by atoms with Crippen molar-refractivity contribution in [3.05, 3.63) is 28.8 Å². The van der Waals surface area contributed by atoms with Gasteiger partial charge < -0.3 is 16.6 Å². The molecule has 0 radical (unpaired) electrons. The number of anilines is 1. The van der Waals surface area contributed by atoms with Crippen molar-refractivity contribution in [2.75, 3.05) is 31.2 Å². The van der Waals surface area contributed by atoms with E-state index in [2.05, 4.69) is 0 Å². The average molecular weight is 346 g/mol. The van der Waals surface area contributed by atoms with Gasteiger partial charge in [-0.05, 0) is 12.1 Å². The summed E-state index contributed by atoms with van der Waals surface area (Å²) in [5.41, 5.74) is 9.90. The van der Waals surface area contributed by atoms with Crippen molar-refractivity contribution in [1.82, 2.24) is 0 Å². The van der Waals surface area contributed by atoms with Crippen LogP contribution in [0.5, 0.6) is 0 Å². The number of rotatable bonds is 3. The summed E-state index contributed by atoms with van der Waals surface area (Å²) >= 11 is 5.91. The van der Waals surface area contributed by atoms with E-state index >= 15 is 0 Å². The summed E-state index contributed by atoms with van der Waals surface area (Å²) < 4.78 is 35.3. The van der Waals surface area contributed by atoms with E-state index in [-0.39, 0.29) is 67.6 Å². The minimum absolute atomic E-state index is 0. The Morgan fingerprint density at radius 3 is 2.50 bits per heavy atom. The van der Waals surface area contributed by atoms with Crippen molar-refractivity contribution in [3.8, 4) is 0 Å². The fourth-order valence-electron chi connectivity index (χ4n) is 1.79. The quantitative estimate of drug-likeness (QED) is 0.320. The molecule has 10 heteroatoms. The molecule has 1 heterocycles. The molecule has 0 bridgehead atoms. The molecule has 1 aliphatic rings. The van der Waals surface area contributed by atoms with E-state index in [0.717, 1.165) is 5.69 Å². The summed E-state index contributed by atoms with van der Waals surface area (Å²) in [5, 5.41) is 0.0177. The van der Waals surface area contributed by atoms with Crippen LogP contribution in [-0.2, 0) is 15.0 Å². The fraction of sp³-hybridized carbons (Fsp3) is 0.400. The molecule has 1 N–H and O–H groups in total. The van der Waals surface area contributed by atoms with Gasteiger partial charge in [0.05, 0.1) is 13.2 Å². The Morgan fingerprint density at radius 1 is 1.40 bits per heavy atom. The van der Waals surface area contributed by atoms with Crippen molar-refractivity contribution in [2.24, 2.45) is 0 Å². The van der Waals surface area contributed by atoms with Crippen LogP contribution in [0.2, 0.25) is 5.02 Å². The molecule has 1 aromatic carbocycles. The molecule has 1 aliphatic heterocycles. The summed E-state index contributed by atoms with van der Waals surface area (Å²) in [6, 6.07) is 4.46. The zero-order valence-corrected chi connectivity index (χ0v) is 15.6. The van der Waals surface area contributed by atoms with E-state index < -0.39 is 10.3 Å². The predicted octanol–water partition coefficient (Wildman–Crippen LogP) is -1.24. The third kappa shape index (κ3) is 4.45. The van der Waals surface area contributed by atoms with Gasteiger partial charge in [0.1, 0.15) is 5.02 Å². The van der Waals surface area contributed by atoms with Crippen LogP contribution in [0.4, 0.5) is 11.4 Å². The SMILES string of the molecule is [H-].[K+].[N-]=[N+](c1ccc(N2CCOCC2)cc1Cl)S(=O)(=O)O. The van der Waals surface area contributed by atoms with Gasteiger partial charge in [0.15, 0.2) is 0 Å². The first-order chi connectivity index (χ1) is 8.89. The smallest absolute Gasteiger partial charge is 1.00 e. The molecule has 2 rings (SSSR count). The number of halogens is 1. The molecular weight excluding hydrogens is 333 g/mol. The topological polar surface area (TPSA) is 92.2 Å². The maximum absolute atomic E-state index is 10.8. The molecule has 0 atom stereocenters. The summed E-state index contributed by atoms with van der Waals surface area (Å²) in [6.07, 6.45) is 0. The van der Waals surface area contributed by atoms with Gasteiger partial charge in [-0.2, -0.15) is 0 Å². The zero-order valence-electron chi connectivity index (χ0n) is 11.9. The Hall–Kier alpha value is 0.416. The molecule has 1 aromatic rings. The second-order valence-electron chi connectivity index (χ2n) is 3.96. The van der Waals surface area contributed by atoms with Crippen LogP contribution in [-0.4, -0.2) is 43.4 Å². The second kappa shape index (κ2) is 7.61. The Labute approximate surface area is 166 Å². The number of nitrogens with zero attached hydrogens (tertiary/aromatic N) is 3. The largest absolute Gasteiger partial charge is 1.00 e. The molecule has 7 nitrogen and oxygen atoms in total. The third-order valence-electron chi connectivity index (χ3n) is 2.73. The van der Waals surface area contributed by atoms with E-state index in [1.165, 1.54) is 12.1 Å². The molecule has 0 amide bonds. The molecule has 0 aromatic heterocycles. The number of hydrogen-bond acceptors (Lipinski definition) is 4. The van der Waals surface area contributed by atoms with Crippen LogP contribution in [0.15, 0.2) is 18.2 Å². The Morgan fingerprint density at radius 2 is 2.00 bits per heavy atom. The molecular formula is C10H13ClKN3O4S. The first-order valence-electron chi connectivity index (χ1n) is 5.48. The van der Waals surface area contributed by atoms with Gasteiger partial charge in [-0.1, -0.05) is 11.6 Å². The first-order valence-corrected chi connectivity index (χ1v) is 7.26. The van der Waals surface area contributed by atoms with Crippen molar-refractivity contribution < 1.29 is 74.6 Å². The maximum Gasteiger partial charge on any atom is 1.00 e. The van der Waals surface area contributed by atoms with Crippen molar-refractivity contribution >= 4 is 33.3 Å².